The van der Waals surface area contributed by atoms with Gasteiger partial charge in [-0.15, -0.1) is 0 Å². The smallest absolute Gasteiger partial charge is 0.296 e. The summed E-state index contributed by atoms with van der Waals surface area (Å²) >= 11 is 11.9. The van der Waals surface area contributed by atoms with Gasteiger partial charge in [0.2, 0.25) is 0 Å². The van der Waals surface area contributed by atoms with E-state index in [9.17, 15) is 14.0 Å². The van der Waals surface area contributed by atoms with Crippen molar-refractivity contribution in [1.82, 2.24) is 4.98 Å². The van der Waals surface area contributed by atoms with E-state index in [4.69, 9.17) is 23.2 Å². The van der Waals surface area contributed by atoms with Crippen molar-refractivity contribution in [3.63, 3.8) is 0 Å². The Hall–Kier alpha value is -2.37. The van der Waals surface area contributed by atoms with Crippen LogP contribution in [0, 0.1) is 5.82 Å². The summed E-state index contributed by atoms with van der Waals surface area (Å²) in [5, 5.41) is 3.14. The van der Waals surface area contributed by atoms with Crippen molar-refractivity contribution in [1.29, 1.82) is 0 Å². The van der Waals surface area contributed by atoms with E-state index in [1.54, 1.807) is 6.07 Å². The van der Waals surface area contributed by atoms with Gasteiger partial charge in [-0.25, -0.2) is 4.39 Å². The standard InChI is InChI=1S/C16H9Cl2FN2O2/c17-11-2-1-3-12(18)14(11)21-16(23)15(22)10-7-20-13-5-4-8(19)6-9(10)13/h1-7,20H,(H,21,23). The molecule has 4 nitrogen and oxygen atoms in total. The molecule has 0 fully saturated rings. The third-order valence-electron chi connectivity index (χ3n) is 3.30. The van der Waals surface area contributed by atoms with Gasteiger partial charge >= 0.3 is 0 Å². The van der Waals surface area contributed by atoms with E-state index in [1.165, 1.54) is 36.5 Å². The zero-order valence-electron chi connectivity index (χ0n) is 11.5. The fourth-order valence-electron chi connectivity index (χ4n) is 2.19. The molecule has 0 aliphatic heterocycles. The number of Topliss-reactive ketones (excluding diaryl/α,β-unsaturated/α-hetero) is 1. The second-order valence-corrected chi connectivity index (χ2v) is 5.59. The average Bonchev–Trinajstić information content (AvgIpc) is 2.93. The van der Waals surface area contributed by atoms with Crippen LogP contribution in [-0.2, 0) is 4.79 Å². The van der Waals surface area contributed by atoms with Crippen molar-refractivity contribution in [2.45, 2.75) is 0 Å². The Labute approximate surface area is 140 Å². The fourth-order valence-corrected chi connectivity index (χ4v) is 2.68. The molecule has 1 amide bonds. The molecule has 0 unspecified atom stereocenters. The molecule has 23 heavy (non-hydrogen) atoms. The van der Waals surface area contributed by atoms with E-state index in [-0.39, 0.29) is 21.3 Å². The van der Waals surface area contributed by atoms with E-state index in [0.717, 1.165) is 0 Å². The van der Waals surface area contributed by atoms with Crippen LogP contribution in [-0.4, -0.2) is 16.7 Å². The zero-order valence-corrected chi connectivity index (χ0v) is 13.0. The Kier molecular flexibility index (Phi) is 4.07. The van der Waals surface area contributed by atoms with Crippen molar-refractivity contribution < 1.29 is 14.0 Å². The van der Waals surface area contributed by atoms with Crippen LogP contribution in [0.15, 0.2) is 42.6 Å². The summed E-state index contributed by atoms with van der Waals surface area (Å²) in [5.41, 5.74) is 0.777. The molecule has 0 saturated heterocycles. The lowest BCUT2D eigenvalue weighted by Crippen LogP contribution is -2.23. The monoisotopic (exact) mass is 350 g/mol. The molecule has 0 aliphatic rings. The Morgan fingerprint density at radius 1 is 1.09 bits per heavy atom. The summed E-state index contributed by atoms with van der Waals surface area (Å²) in [5.74, 6) is -2.23. The maximum Gasteiger partial charge on any atom is 0.296 e. The number of anilines is 1. The maximum absolute atomic E-state index is 13.4. The van der Waals surface area contributed by atoms with Crippen molar-refractivity contribution in [2.24, 2.45) is 0 Å². The number of benzene rings is 2. The number of halogens is 3. The lowest BCUT2D eigenvalue weighted by Gasteiger charge is -2.08. The molecule has 7 heteroatoms. The van der Waals surface area contributed by atoms with E-state index < -0.39 is 17.5 Å². The van der Waals surface area contributed by atoms with Crippen molar-refractivity contribution >= 4 is 51.5 Å². The average molecular weight is 351 g/mol. The Morgan fingerprint density at radius 3 is 2.48 bits per heavy atom. The van der Waals surface area contributed by atoms with Gasteiger partial charge in [-0.1, -0.05) is 29.3 Å². The van der Waals surface area contributed by atoms with Crippen LogP contribution >= 0.6 is 23.2 Å². The number of aromatic nitrogens is 1. The van der Waals surface area contributed by atoms with Gasteiger partial charge in [0.05, 0.1) is 21.3 Å². The van der Waals surface area contributed by atoms with Crippen LogP contribution in [0.5, 0.6) is 0 Å². The minimum Gasteiger partial charge on any atom is -0.360 e. The third-order valence-corrected chi connectivity index (χ3v) is 3.93. The normalized spacial score (nSPS) is 10.7. The molecular formula is C16H9Cl2FN2O2. The number of H-pyrrole nitrogens is 1. The fraction of sp³-hybridized carbons (Fsp3) is 0. The first-order valence-corrected chi connectivity index (χ1v) is 7.29. The number of hydrogen-bond donors (Lipinski definition) is 2. The Morgan fingerprint density at radius 2 is 1.78 bits per heavy atom. The van der Waals surface area contributed by atoms with Crippen molar-refractivity contribution in [3.05, 3.63) is 64.0 Å². The highest BCUT2D eigenvalue weighted by molar-refractivity contribution is 6.50. The predicted molar refractivity (Wildman–Crippen MR) is 87.7 cm³/mol. The molecule has 1 aromatic heterocycles. The predicted octanol–water partition coefficient (Wildman–Crippen LogP) is 4.44. The number of carbonyl (C=O) groups excluding carboxylic acids is 2. The second kappa shape index (κ2) is 6.02. The van der Waals surface area contributed by atoms with Crippen molar-refractivity contribution in [3.8, 4) is 0 Å². The van der Waals surface area contributed by atoms with Gasteiger partial charge < -0.3 is 10.3 Å². The number of rotatable bonds is 3. The number of nitrogens with one attached hydrogen (secondary N) is 2. The highest BCUT2D eigenvalue weighted by Crippen LogP contribution is 2.30. The van der Waals surface area contributed by atoms with Crippen LogP contribution in [0.2, 0.25) is 10.0 Å². The molecule has 0 saturated carbocycles. The molecule has 2 N–H and O–H groups in total. The van der Waals surface area contributed by atoms with Crippen LogP contribution in [0.3, 0.4) is 0 Å². The minimum atomic E-state index is -0.912. The number of para-hydroxylation sites is 1. The number of fused-ring (bicyclic) bond motifs is 1. The van der Waals surface area contributed by atoms with Gasteiger partial charge in [0, 0.05) is 17.1 Å². The lowest BCUT2D eigenvalue weighted by molar-refractivity contribution is -0.112. The van der Waals surface area contributed by atoms with Crippen LogP contribution in [0.25, 0.3) is 10.9 Å². The first kappa shape index (κ1) is 15.5. The van der Waals surface area contributed by atoms with Crippen LogP contribution in [0.1, 0.15) is 10.4 Å². The summed E-state index contributed by atoms with van der Waals surface area (Å²) in [4.78, 5) is 27.3. The molecule has 0 bridgehead atoms. The highest BCUT2D eigenvalue weighted by atomic mass is 35.5. The van der Waals surface area contributed by atoms with E-state index in [1.807, 2.05) is 0 Å². The van der Waals surface area contributed by atoms with Gasteiger partial charge in [-0.05, 0) is 30.3 Å². The first-order chi connectivity index (χ1) is 11.0. The largest absolute Gasteiger partial charge is 0.360 e. The molecule has 116 valence electrons. The van der Waals surface area contributed by atoms with Gasteiger partial charge in [-0.3, -0.25) is 9.59 Å². The van der Waals surface area contributed by atoms with Crippen LogP contribution < -0.4 is 5.32 Å². The Bertz CT molecular complexity index is 917. The topological polar surface area (TPSA) is 62.0 Å². The number of carbonyl (C=O) groups is 2. The van der Waals surface area contributed by atoms with Crippen LogP contribution in [0.4, 0.5) is 10.1 Å². The summed E-state index contributed by atoms with van der Waals surface area (Å²) in [6.07, 6.45) is 1.36. The highest BCUT2D eigenvalue weighted by Gasteiger charge is 2.22. The third kappa shape index (κ3) is 2.93. The molecule has 3 aromatic rings. The van der Waals surface area contributed by atoms with Gasteiger partial charge in [0.25, 0.3) is 11.7 Å². The molecule has 3 rings (SSSR count). The van der Waals surface area contributed by atoms with E-state index >= 15 is 0 Å². The SMILES string of the molecule is O=C(Nc1c(Cl)cccc1Cl)C(=O)c1c[nH]c2ccc(F)cc12. The zero-order chi connectivity index (χ0) is 16.6. The molecule has 0 atom stereocenters. The number of amides is 1. The number of ketones is 1. The van der Waals surface area contributed by atoms with Gasteiger partial charge in [0.1, 0.15) is 5.82 Å². The van der Waals surface area contributed by atoms with E-state index in [2.05, 4.69) is 10.3 Å². The summed E-state index contributed by atoms with van der Waals surface area (Å²) in [6, 6.07) is 8.63. The van der Waals surface area contributed by atoms with Crippen molar-refractivity contribution in [2.75, 3.05) is 5.32 Å². The molecule has 1 heterocycles. The summed E-state index contributed by atoms with van der Waals surface area (Å²) < 4.78 is 13.4. The lowest BCUT2D eigenvalue weighted by atomic mass is 10.1. The summed E-state index contributed by atoms with van der Waals surface area (Å²) in [7, 11) is 0. The maximum atomic E-state index is 13.4. The molecular weight excluding hydrogens is 342 g/mol. The quantitative estimate of drug-likeness (QED) is 0.542. The van der Waals surface area contributed by atoms with E-state index in [0.29, 0.717) is 10.9 Å². The first-order valence-electron chi connectivity index (χ1n) is 6.53. The molecule has 0 aliphatic carbocycles. The number of aromatic amines is 1. The summed E-state index contributed by atoms with van der Waals surface area (Å²) in [6.45, 7) is 0. The van der Waals surface area contributed by atoms with Gasteiger partial charge in [-0.2, -0.15) is 0 Å². The molecule has 0 radical (unpaired) electrons. The minimum absolute atomic E-state index is 0.0696. The second-order valence-electron chi connectivity index (χ2n) is 4.77. The molecule has 2 aromatic carbocycles. The number of hydrogen-bond acceptors (Lipinski definition) is 2. The Balaban J connectivity index is 1.93. The van der Waals surface area contributed by atoms with Gasteiger partial charge in [0.15, 0.2) is 0 Å². The molecule has 0 spiro atoms.